The van der Waals surface area contributed by atoms with Crippen LogP contribution in [-0.4, -0.2) is 73.1 Å². The van der Waals surface area contributed by atoms with Crippen molar-refractivity contribution >= 4 is 11.7 Å². The van der Waals surface area contributed by atoms with Crippen molar-refractivity contribution in [1.82, 2.24) is 20.4 Å². The van der Waals surface area contributed by atoms with Crippen LogP contribution in [0.25, 0.3) is 5.57 Å². The van der Waals surface area contributed by atoms with Gasteiger partial charge in [0.05, 0.1) is 18.9 Å². The van der Waals surface area contributed by atoms with Gasteiger partial charge in [0.2, 0.25) is 0 Å². The summed E-state index contributed by atoms with van der Waals surface area (Å²) in [6.07, 6.45) is 13.1. The SMILES string of the molecule is CCOCC1(COCC)CC=C(c2nn(C3CCCCO3)cc2CCNC2CC(OC(=O)NC(C)(C)C)C2)CC1. The van der Waals surface area contributed by atoms with Crippen LogP contribution in [0, 0.1) is 5.41 Å². The minimum absolute atomic E-state index is 0.0114. The molecule has 9 heteroatoms. The lowest BCUT2D eigenvalue weighted by Gasteiger charge is -2.36. The normalized spacial score (nSPS) is 24.7. The van der Waals surface area contributed by atoms with E-state index in [1.807, 2.05) is 20.8 Å². The highest BCUT2D eigenvalue weighted by atomic mass is 16.6. The molecule has 3 aliphatic rings. The van der Waals surface area contributed by atoms with Gasteiger partial charge in [-0.1, -0.05) is 6.08 Å². The molecule has 2 heterocycles. The second kappa shape index (κ2) is 14.3. The monoisotopic (exact) mass is 560 g/mol. The third-order valence-electron chi connectivity index (χ3n) is 8.17. The Labute approximate surface area is 240 Å². The van der Waals surface area contributed by atoms with E-state index >= 15 is 0 Å². The number of carbonyl (C=O) groups excluding carboxylic acids is 1. The van der Waals surface area contributed by atoms with Crippen LogP contribution < -0.4 is 10.6 Å². The van der Waals surface area contributed by atoms with Crippen molar-refractivity contribution in [2.75, 3.05) is 39.6 Å². The lowest BCUT2D eigenvalue weighted by molar-refractivity contribution is -0.0396. The van der Waals surface area contributed by atoms with Crippen LogP contribution in [0.15, 0.2) is 12.3 Å². The van der Waals surface area contributed by atoms with Crippen LogP contribution in [0.5, 0.6) is 0 Å². The summed E-state index contributed by atoms with van der Waals surface area (Å²) in [5, 5.41) is 11.6. The summed E-state index contributed by atoms with van der Waals surface area (Å²) in [7, 11) is 0. The van der Waals surface area contributed by atoms with Crippen molar-refractivity contribution in [2.45, 2.75) is 116 Å². The fourth-order valence-electron chi connectivity index (χ4n) is 5.79. The minimum atomic E-state index is -0.328. The summed E-state index contributed by atoms with van der Waals surface area (Å²) < 4.78 is 25.4. The molecule has 1 aromatic heterocycles. The van der Waals surface area contributed by atoms with E-state index in [2.05, 4.69) is 41.4 Å². The molecule has 1 aliphatic heterocycles. The van der Waals surface area contributed by atoms with Gasteiger partial charge in [-0.3, -0.25) is 0 Å². The number of allylic oxidation sites excluding steroid dienone is 2. The zero-order valence-electron chi connectivity index (χ0n) is 25.4. The smallest absolute Gasteiger partial charge is 0.407 e. The molecule has 4 rings (SSSR count). The molecule has 9 nitrogen and oxygen atoms in total. The van der Waals surface area contributed by atoms with E-state index in [9.17, 15) is 4.79 Å². The number of amides is 1. The third-order valence-corrected chi connectivity index (χ3v) is 8.17. The van der Waals surface area contributed by atoms with Crippen molar-refractivity contribution in [3.63, 3.8) is 0 Å². The summed E-state index contributed by atoms with van der Waals surface area (Å²) in [5.41, 5.74) is 3.47. The van der Waals surface area contributed by atoms with Crippen LogP contribution in [0.3, 0.4) is 0 Å². The van der Waals surface area contributed by atoms with Gasteiger partial charge in [0.1, 0.15) is 12.3 Å². The largest absolute Gasteiger partial charge is 0.446 e. The van der Waals surface area contributed by atoms with Crippen LogP contribution in [-0.2, 0) is 25.4 Å². The molecule has 0 spiro atoms. The van der Waals surface area contributed by atoms with Crippen molar-refractivity contribution < 1.29 is 23.7 Å². The molecule has 226 valence electrons. The molecule has 1 unspecified atom stereocenters. The number of nitrogens with zero attached hydrogens (tertiary/aromatic N) is 2. The van der Waals surface area contributed by atoms with Gasteiger partial charge in [-0.05, 0) is 110 Å². The van der Waals surface area contributed by atoms with Crippen LogP contribution >= 0.6 is 0 Å². The Morgan fingerprint density at radius 3 is 2.52 bits per heavy atom. The average molecular weight is 561 g/mol. The molecule has 0 bridgehead atoms. The summed E-state index contributed by atoms with van der Waals surface area (Å²) in [5.74, 6) is 0. The van der Waals surface area contributed by atoms with Gasteiger partial charge < -0.3 is 29.6 Å². The number of alkyl carbamates (subject to hydrolysis) is 1. The maximum absolute atomic E-state index is 12.0. The molecule has 0 radical (unpaired) electrons. The Hall–Kier alpha value is -1.94. The van der Waals surface area contributed by atoms with E-state index in [1.165, 1.54) is 17.6 Å². The number of rotatable bonds is 13. The van der Waals surface area contributed by atoms with Crippen LogP contribution in [0.1, 0.15) is 103 Å². The predicted octanol–water partition coefficient (Wildman–Crippen LogP) is 5.40. The molecular weight excluding hydrogens is 508 g/mol. The number of aromatic nitrogens is 2. The van der Waals surface area contributed by atoms with Gasteiger partial charge in [-0.25, -0.2) is 9.48 Å². The fraction of sp³-hybridized carbons (Fsp3) is 0.806. The molecular formula is C31H52N4O5. The van der Waals surface area contributed by atoms with Gasteiger partial charge >= 0.3 is 6.09 Å². The summed E-state index contributed by atoms with van der Waals surface area (Å²) >= 11 is 0. The van der Waals surface area contributed by atoms with Crippen molar-refractivity contribution in [2.24, 2.45) is 5.41 Å². The molecule has 2 fully saturated rings. The topological polar surface area (TPSA) is 95.9 Å². The first kappa shape index (κ1) is 31.0. The highest BCUT2D eigenvalue weighted by Gasteiger charge is 2.35. The highest BCUT2D eigenvalue weighted by Crippen LogP contribution is 2.40. The molecule has 1 saturated heterocycles. The van der Waals surface area contributed by atoms with E-state index in [4.69, 9.17) is 24.0 Å². The van der Waals surface area contributed by atoms with E-state index in [0.29, 0.717) is 6.04 Å². The minimum Gasteiger partial charge on any atom is -0.446 e. The van der Waals surface area contributed by atoms with Crippen molar-refractivity contribution in [1.29, 1.82) is 0 Å². The highest BCUT2D eigenvalue weighted by molar-refractivity contribution is 5.68. The Morgan fingerprint density at radius 2 is 1.93 bits per heavy atom. The second-order valence-corrected chi connectivity index (χ2v) is 12.8. The van der Waals surface area contributed by atoms with Gasteiger partial charge in [-0.15, -0.1) is 0 Å². The third kappa shape index (κ3) is 8.78. The zero-order valence-corrected chi connectivity index (χ0v) is 25.4. The molecule has 40 heavy (non-hydrogen) atoms. The Bertz CT molecular complexity index is 965. The Balaban J connectivity index is 1.36. The van der Waals surface area contributed by atoms with Crippen LogP contribution in [0.4, 0.5) is 4.79 Å². The molecule has 1 aromatic rings. The first-order valence-electron chi connectivity index (χ1n) is 15.5. The second-order valence-electron chi connectivity index (χ2n) is 12.8. The molecule has 1 atom stereocenters. The molecule has 1 saturated carbocycles. The number of carbonyl (C=O) groups is 1. The van der Waals surface area contributed by atoms with Gasteiger partial charge in [-0.2, -0.15) is 5.10 Å². The zero-order chi connectivity index (χ0) is 28.6. The molecule has 2 aliphatic carbocycles. The van der Waals surface area contributed by atoms with Gasteiger partial charge in [0.25, 0.3) is 0 Å². The van der Waals surface area contributed by atoms with Gasteiger partial charge in [0.15, 0.2) is 0 Å². The van der Waals surface area contributed by atoms with E-state index in [1.54, 1.807) is 0 Å². The lowest BCUT2D eigenvalue weighted by Crippen LogP contribution is -2.49. The quantitative estimate of drug-likeness (QED) is 0.334. The maximum Gasteiger partial charge on any atom is 0.407 e. The lowest BCUT2D eigenvalue weighted by atomic mass is 9.75. The summed E-state index contributed by atoms with van der Waals surface area (Å²) in [4.78, 5) is 12.0. The molecule has 2 N–H and O–H groups in total. The predicted molar refractivity (Wildman–Crippen MR) is 156 cm³/mol. The van der Waals surface area contributed by atoms with E-state index in [0.717, 1.165) is 96.6 Å². The number of hydrogen-bond donors (Lipinski definition) is 2. The first-order valence-corrected chi connectivity index (χ1v) is 15.5. The van der Waals surface area contributed by atoms with Gasteiger partial charge in [0, 0.05) is 43.0 Å². The fourth-order valence-corrected chi connectivity index (χ4v) is 5.79. The standard InChI is InChI=1S/C31H52N4O5/c1-6-37-21-31(22-38-7-2)14-11-23(12-15-31)28-24(20-35(34-28)27-10-8-9-17-39-27)13-16-32-25-18-26(19-25)40-29(36)33-30(3,4)5/h11,20,25-27,32H,6-10,12-19,21-22H2,1-5H3,(H,33,36). The van der Waals surface area contributed by atoms with Crippen molar-refractivity contribution in [3.05, 3.63) is 23.5 Å². The van der Waals surface area contributed by atoms with E-state index < -0.39 is 0 Å². The Kier molecular flexibility index (Phi) is 11.1. The Morgan fingerprint density at radius 1 is 1.18 bits per heavy atom. The molecule has 0 aromatic carbocycles. The summed E-state index contributed by atoms with van der Waals surface area (Å²) in [6.45, 7) is 14.6. The van der Waals surface area contributed by atoms with Crippen molar-refractivity contribution in [3.8, 4) is 0 Å². The number of hydrogen-bond acceptors (Lipinski definition) is 7. The first-order chi connectivity index (χ1) is 19.2. The number of nitrogens with one attached hydrogen (secondary N) is 2. The van der Waals surface area contributed by atoms with Crippen LogP contribution in [0.2, 0.25) is 0 Å². The average Bonchev–Trinajstić information content (AvgIpc) is 3.33. The summed E-state index contributed by atoms with van der Waals surface area (Å²) in [6, 6.07) is 0.374. The molecule has 1 amide bonds. The maximum atomic E-state index is 12.0. The van der Waals surface area contributed by atoms with E-state index in [-0.39, 0.29) is 29.4 Å². The number of ether oxygens (including phenoxy) is 4.